The number of carbonyl (C=O) groups excluding carboxylic acids is 2. The lowest BCUT2D eigenvalue weighted by molar-refractivity contribution is -0.145. The van der Waals surface area contributed by atoms with E-state index in [1.54, 1.807) is 6.92 Å². The molecule has 0 N–H and O–H groups in total. The summed E-state index contributed by atoms with van der Waals surface area (Å²) in [5.74, 6) is 0.0920. The smallest absolute Gasteiger partial charge is 0.411 e. The highest BCUT2D eigenvalue weighted by molar-refractivity contribution is 7.99. The molecule has 5 nitrogen and oxygen atoms in total. The number of rotatable bonds is 3. The van der Waals surface area contributed by atoms with Gasteiger partial charge in [0.05, 0.1) is 13.7 Å². The van der Waals surface area contributed by atoms with Gasteiger partial charge in [-0.05, 0) is 12.5 Å². The molecule has 0 spiro atoms. The van der Waals surface area contributed by atoms with Crippen molar-refractivity contribution in [2.45, 2.75) is 18.3 Å². The van der Waals surface area contributed by atoms with Crippen molar-refractivity contribution >= 4 is 23.8 Å². The predicted molar refractivity (Wildman–Crippen MR) is 76.3 cm³/mol. The average molecular weight is 295 g/mol. The fourth-order valence-corrected chi connectivity index (χ4v) is 3.52. The number of carbonyl (C=O) groups is 2. The summed E-state index contributed by atoms with van der Waals surface area (Å²) in [7, 11) is 1.33. The van der Waals surface area contributed by atoms with Gasteiger partial charge in [0.25, 0.3) is 0 Å². The minimum Gasteiger partial charge on any atom is -0.467 e. The zero-order valence-corrected chi connectivity index (χ0v) is 12.3. The Kier molecular flexibility index (Phi) is 4.89. The second-order valence-electron chi connectivity index (χ2n) is 4.24. The maximum atomic E-state index is 12.1. The molecule has 1 aromatic carbocycles. The highest BCUT2D eigenvalue weighted by Crippen LogP contribution is 2.41. The molecule has 1 heterocycles. The number of esters is 1. The normalized spacial score (nSPS) is 21.6. The van der Waals surface area contributed by atoms with Crippen LogP contribution in [-0.4, -0.2) is 42.5 Å². The van der Waals surface area contributed by atoms with Crippen molar-refractivity contribution in [1.29, 1.82) is 0 Å². The van der Waals surface area contributed by atoms with Crippen LogP contribution >= 0.6 is 11.8 Å². The summed E-state index contributed by atoms with van der Waals surface area (Å²) in [4.78, 5) is 25.4. The van der Waals surface area contributed by atoms with E-state index in [2.05, 4.69) is 0 Å². The van der Waals surface area contributed by atoms with Crippen LogP contribution in [0, 0.1) is 0 Å². The van der Waals surface area contributed by atoms with Crippen molar-refractivity contribution in [3.8, 4) is 0 Å². The first kappa shape index (κ1) is 14.7. The van der Waals surface area contributed by atoms with Gasteiger partial charge in [-0.15, -0.1) is 11.8 Å². The molecule has 1 saturated heterocycles. The molecule has 108 valence electrons. The predicted octanol–water partition coefficient (Wildman–Crippen LogP) is 2.43. The van der Waals surface area contributed by atoms with Crippen LogP contribution in [0.5, 0.6) is 0 Å². The molecular formula is C14H17NO4S. The summed E-state index contributed by atoms with van der Waals surface area (Å²) in [6.45, 7) is 2.02. The van der Waals surface area contributed by atoms with Gasteiger partial charge in [0.2, 0.25) is 0 Å². The lowest BCUT2D eigenvalue weighted by atomic mass is 10.2. The Morgan fingerprint density at radius 1 is 1.35 bits per heavy atom. The number of thioether (sulfide) groups is 1. The maximum Gasteiger partial charge on any atom is 0.411 e. The summed E-state index contributed by atoms with van der Waals surface area (Å²) in [6.07, 6.45) is -0.484. The number of hydrogen-bond donors (Lipinski definition) is 0. The van der Waals surface area contributed by atoms with Crippen LogP contribution < -0.4 is 0 Å². The fraction of sp³-hybridized carbons (Fsp3) is 0.429. The second-order valence-corrected chi connectivity index (χ2v) is 5.35. The first-order chi connectivity index (χ1) is 9.69. The molecule has 0 radical (unpaired) electrons. The van der Waals surface area contributed by atoms with Gasteiger partial charge in [-0.3, -0.25) is 4.90 Å². The SMILES string of the molecule is CCOC(=O)N1[C@@H](c2ccccc2)SC[C@H]1C(=O)OC. The average Bonchev–Trinajstić information content (AvgIpc) is 2.92. The van der Waals surface area contributed by atoms with Gasteiger partial charge < -0.3 is 9.47 Å². The van der Waals surface area contributed by atoms with Gasteiger partial charge in [0, 0.05) is 5.75 Å². The third-order valence-corrected chi connectivity index (χ3v) is 4.36. The van der Waals surface area contributed by atoms with Crippen LogP contribution in [-0.2, 0) is 14.3 Å². The molecule has 0 bridgehead atoms. The van der Waals surface area contributed by atoms with Crippen LogP contribution in [0.15, 0.2) is 30.3 Å². The minimum atomic E-state index is -0.603. The lowest BCUT2D eigenvalue weighted by Crippen LogP contribution is -2.43. The van der Waals surface area contributed by atoms with Gasteiger partial charge in [-0.1, -0.05) is 30.3 Å². The van der Waals surface area contributed by atoms with Gasteiger partial charge in [0.1, 0.15) is 11.4 Å². The van der Waals surface area contributed by atoms with E-state index in [0.717, 1.165) is 5.56 Å². The Morgan fingerprint density at radius 2 is 2.05 bits per heavy atom. The molecule has 0 aliphatic carbocycles. The van der Waals surface area contributed by atoms with Crippen LogP contribution in [0.25, 0.3) is 0 Å². The topological polar surface area (TPSA) is 55.8 Å². The monoisotopic (exact) mass is 295 g/mol. The Labute approximate surface area is 122 Å². The second kappa shape index (κ2) is 6.65. The van der Waals surface area contributed by atoms with Crippen LogP contribution in [0.3, 0.4) is 0 Å². The van der Waals surface area contributed by atoms with Gasteiger partial charge >= 0.3 is 12.1 Å². The van der Waals surface area contributed by atoms with Gasteiger partial charge in [-0.2, -0.15) is 0 Å². The molecule has 0 unspecified atom stereocenters. The Morgan fingerprint density at radius 3 is 2.65 bits per heavy atom. The molecule has 1 aliphatic heterocycles. The molecule has 2 rings (SSSR count). The van der Waals surface area contributed by atoms with Crippen molar-refractivity contribution < 1.29 is 19.1 Å². The number of ether oxygens (including phenoxy) is 2. The van der Waals surface area contributed by atoms with Crippen molar-refractivity contribution in [3.63, 3.8) is 0 Å². The minimum absolute atomic E-state index is 0.223. The van der Waals surface area contributed by atoms with E-state index in [-0.39, 0.29) is 12.0 Å². The van der Waals surface area contributed by atoms with E-state index in [0.29, 0.717) is 5.75 Å². The molecule has 20 heavy (non-hydrogen) atoms. The first-order valence-electron chi connectivity index (χ1n) is 6.38. The van der Waals surface area contributed by atoms with E-state index < -0.39 is 18.1 Å². The first-order valence-corrected chi connectivity index (χ1v) is 7.43. The summed E-state index contributed by atoms with van der Waals surface area (Å²) in [5.41, 5.74) is 0.969. The zero-order chi connectivity index (χ0) is 14.5. The Hall–Kier alpha value is -1.69. The third kappa shape index (κ3) is 2.90. The molecule has 1 aromatic rings. The lowest BCUT2D eigenvalue weighted by Gasteiger charge is -2.27. The highest BCUT2D eigenvalue weighted by atomic mass is 32.2. The van der Waals surface area contributed by atoms with Crippen LogP contribution in [0.1, 0.15) is 17.9 Å². The molecule has 6 heteroatoms. The number of nitrogens with zero attached hydrogens (tertiary/aromatic N) is 1. The molecule has 1 amide bonds. The molecule has 2 atom stereocenters. The molecular weight excluding hydrogens is 278 g/mol. The Balaban J connectivity index is 2.28. The molecule has 1 fully saturated rings. The van der Waals surface area contributed by atoms with Crippen LogP contribution in [0.2, 0.25) is 0 Å². The molecule has 0 aromatic heterocycles. The fourth-order valence-electron chi connectivity index (χ4n) is 2.12. The van der Waals surface area contributed by atoms with Crippen LogP contribution in [0.4, 0.5) is 4.79 Å². The standard InChI is InChI=1S/C14H17NO4S/c1-3-19-14(17)15-11(13(16)18-2)9-20-12(15)10-7-5-4-6-8-10/h4-8,11-12H,3,9H2,1-2H3/t11-,12+/m0/s1. The largest absolute Gasteiger partial charge is 0.467 e. The Bertz CT molecular complexity index is 479. The van der Waals surface area contributed by atoms with Crippen molar-refractivity contribution in [3.05, 3.63) is 35.9 Å². The van der Waals surface area contributed by atoms with E-state index >= 15 is 0 Å². The summed E-state index contributed by atoms with van der Waals surface area (Å²) in [5, 5.41) is -0.223. The van der Waals surface area contributed by atoms with Gasteiger partial charge in [0.15, 0.2) is 0 Å². The van der Waals surface area contributed by atoms with Gasteiger partial charge in [-0.25, -0.2) is 9.59 Å². The molecule has 0 saturated carbocycles. The zero-order valence-electron chi connectivity index (χ0n) is 11.4. The maximum absolute atomic E-state index is 12.1. The van der Waals surface area contributed by atoms with E-state index in [9.17, 15) is 9.59 Å². The third-order valence-electron chi connectivity index (χ3n) is 3.04. The number of hydrogen-bond acceptors (Lipinski definition) is 5. The highest BCUT2D eigenvalue weighted by Gasteiger charge is 2.43. The van der Waals surface area contributed by atoms with Crippen molar-refractivity contribution in [2.24, 2.45) is 0 Å². The number of methoxy groups -OCH3 is 1. The summed E-state index contributed by atoms with van der Waals surface area (Å²) >= 11 is 1.53. The van der Waals surface area contributed by atoms with E-state index in [1.165, 1.54) is 23.8 Å². The summed E-state index contributed by atoms with van der Waals surface area (Å²) < 4.78 is 9.84. The van der Waals surface area contributed by atoms with E-state index in [4.69, 9.17) is 9.47 Å². The number of amides is 1. The van der Waals surface area contributed by atoms with Crippen molar-refractivity contribution in [2.75, 3.05) is 19.5 Å². The summed E-state index contributed by atoms with van der Waals surface area (Å²) in [6, 6.07) is 8.99. The number of benzene rings is 1. The van der Waals surface area contributed by atoms with E-state index in [1.807, 2.05) is 30.3 Å². The van der Waals surface area contributed by atoms with Crippen molar-refractivity contribution in [1.82, 2.24) is 4.90 Å². The quantitative estimate of drug-likeness (QED) is 0.802. The molecule has 1 aliphatic rings.